The van der Waals surface area contributed by atoms with Gasteiger partial charge in [-0.1, -0.05) is 13.8 Å². The lowest BCUT2D eigenvalue weighted by atomic mass is 10.1. The van der Waals surface area contributed by atoms with Crippen LogP contribution in [0.5, 0.6) is 5.75 Å². The number of carboxylic acids is 1. The quantitative estimate of drug-likeness (QED) is 0.609. The molecular weight excluding hydrogens is 380 g/mol. The molecule has 0 fully saturated rings. The van der Waals surface area contributed by atoms with Gasteiger partial charge in [0, 0.05) is 17.3 Å². The van der Waals surface area contributed by atoms with E-state index in [-0.39, 0.29) is 11.1 Å². The molecule has 3 aromatic rings. The molecular formula is C23H26N4O3. The maximum Gasteiger partial charge on any atom is 0.337 e. The van der Waals surface area contributed by atoms with Crippen LogP contribution in [0.25, 0.3) is 16.9 Å². The van der Waals surface area contributed by atoms with Gasteiger partial charge in [-0.15, -0.1) is 0 Å². The van der Waals surface area contributed by atoms with Crippen molar-refractivity contribution in [2.75, 3.05) is 11.9 Å². The monoisotopic (exact) mass is 406 g/mol. The molecule has 0 saturated heterocycles. The summed E-state index contributed by atoms with van der Waals surface area (Å²) in [6.45, 7) is 10.7. The third kappa shape index (κ3) is 4.54. The van der Waals surface area contributed by atoms with Crippen LogP contribution in [0.3, 0.4) is 0 Å². The number of imidazole rings is 1. The second-order valence-electron chi connectivity index (χ2n) is 8.66. The lowest BCUT2D eigenvalue weighted by Crippen LogP contribution is -2.27. The molecule has 3 rings (SSSR count). The minimum atomic E-state index is -1.01. The fourth-order valence-corrected chi connectivity index (χ4v) is 2.99. The van der Waals surface area contributed by atoms with Crippen LogP contribution in [0.1, 0.15) is 50.5 Å². The number of aromatic carboxylic acids is 1. The average molecular weight is 406 g/mol. The molecule has 1 aromatic carbocycles. The summed E-state index contributed by atoms with van der Waals surface area (Å²) < 4.78 is 7.50. The van der Waals surface area contributed by atoms with Gasteiger partial charge in [-0.3, -0.25) is 4.40 Å². The van der Waals surface area contributed by atoms with Crippen LogP contribution in [0, 0.1) is 17.2 Å². The predicted octanol–water partition coefficient (Wildman–Crippen LogP) is 4.82. The summed E-state index contributed by atoms with van der Waals surface area (Å²) >= 11 is 0. The number of benzene rings is 1. The molecule has 0 aliphatic heterocycles. The molecule has 0 aliphatic rings. The minimum absolute atomic E-state index is 0.165. The van der Waals surface area contributed by atoms with Gasteiger partial charge in [0.15, 0.2) is 0 Å². The Morgan fingerprint density at radius 3 is 2.63 bits per heavy atom. The molecule has 0 radical (unpaired) electrons. The van der Waals surface area contributed by atoms with Crippen molar-refractivity contribution in [2.24, 2.45) is 5.92 Å². The molecule has 0 atom stereocenters. The van der Waals surface area contributed by atoms with Gasteiger partial charge in [-0.2, -0.15) is 5.26 Å². The second kappa shape index (κ2) is 8.07. The zero-order chi connectivity index (χ0) is 22.1. The number of nitrogens with zero attached hydrogens (tertiary/aromatic N) is 3. The number of fused-ring (bicyclic) bond motifs is 1. The fourth-order valence-electron chi connectivity index (χ4n) is 2.99. The van der Waals surface area contributed by atoms with Gasteiger partial charge in [-0.25, -0.2) is 9.78 Å². The van der Waals surface area contributed by atoms with Gasteiger partial charge >= 0.3 is 5.97 Å². The van der Waals surface area contributed by atoms with E-state index in [1.807, 2.05) is 40.7 Å². The Bertz CT molecular complexity index is 1130. The molecule has 0 amide bonds. The molecule has 7 heteroatoms. The predicted molar refractivity (Wildman–Crippen MR) is 116 cm³/mol. The third-order valence-corrected chi connectivity index (χ3v) is 4.30. The van der Waals surface area contributed by atoms with E-state index in [4.69, 9.17) is 9.72 Å². The van der Waals surface area contributed by atoms with Gasteiger partial charge in [0.05, 0.1) is 17.7 Å². The summed E-state index contributed by atoms with van der Waals surface area (Å²) in [6, 6.07) is 10.8. The van der Waals surface area contributed by atoms with E-state index in [0.29, 0.717) is 41.0 Å². The van der Waals surface area contributed by atoms with E-state index in [2.05, 4.69) is 11.4 Å². The van der Waals surface area contributed by atoms with E-state index >= 15 is 0 Å². The van der Waals surface area contributed by atoms with Gasteiger partial charge < -0.3 is 15.2 Å². The number of rotatable bonds is 6. The summed E-state index contributed by atoms with van der Waals surface area (Å²) in [7, 11) is 0. The number of carboxylic acid groups (broad SMARTS) is 1. The van der Waals surface area contributed by atoms with Crippen LogP contribution >= 0.6 is 0 Å². The van der Waals surface area contributed by atoms with Crippen molar-refractivity contribution in [1.82, 2.24) is 9.38 Å². The van der Waals surface area contributed by atoms with E-state index in [1.54, 1.807) is 28.8 Å². The maximum absolute atomic E-state index is 11.4. The molecule has 0 aliphatic carbocycles. The Morgan fingerprint density at radius 1 is 1.30 bits per heavy atom. The molecule has 7 nitrogen and oxygen atoms in total. The van der Waals surface area contributed by atoms with Crippen molar-refractivity contribution in [1.29, 1.82) is 5.26 Å². The van der Waals surface area contributed by atoms with Crippen LogP contribution in [-0.2, 0) is 0 Å². The summed E-state index contributed by atoms with van der Waals surface area (Å²) in [5.41, 5.74) is 2.30. The first kappa shape index (κ1) is 21.2. The molecule has 0 unspecified atom stereocenters. The van der Waals surface area contributed by atoms with Crippen molar-refractivity contribution in [3.63, 3.8) is 0 Å². The first-order valence-electron chi connectivity index (χ1n) is 9.80. The summed E-state index contributed by atoms with van der Waals surface area (Å²) in [4.78, 5) is 16.1. The highest BCUT2D eigenvalue weighted by Crippen LogP contribution is 2.33. The summed E-state index contributed by atoms with van der Waals surface area (Å²) in [5.74, 6) is 0.547. The molecule has 0 spiro atoms. The molecule has 2 heterocycles. The molecule has 0 saturated carbocycles. The topological polar surface area (TPSA) is 99.7 Å². The first-order chi connectivity index (χ1) is 14.1. The summed E-state index contributed by atoms with van der Waals surface area (Å²) in [6.07, 6.45) is 1.55. The minimum Gasteiger partial charge on any atom is -0.492 e. The smallest absolute Gasteiger partial charge is 0.337 e. The Kier molecular flexibility index (Phi) is 5.70. The van der Waals surface area contributed by atoms with Crippen molar-refractivity contribution < 1.29 is 14.6 Å². The Labute approximate surface area is 175 Å². The number of nitrogens with one attached hydrogen (secondary N) is 1. The highest BCUT2D eigenvalue weighted by atomic mass is 16.5. The lowest BCUT2D eigenvalue weighted by molar-refractivity contribution is 0.0696. The highest BCUT2D eigenvalue weighted by Gasteiger charge is 2.21. The standard InChI is InChI=1S/C23H26N4O3/c1-14(2)13-30-18-8-6-15(10-17(18)11-24)20-21(26-23(3,4)5)27-12-16(22(28)29)7-9-19(27)25-20/h6-10,12,14,26H,13H2,1-5H3,(H,28,29). The summed E-state index contributed by atoms with van der Waals surface area (Å²) in [5, 5.41) is 22.4. The average Bonchev–Trinajstić information content (AvgIpc) is 3.02. The van der Waals surface area contributed by atoms with Crippen LogP contribution in [0.15, 0.2) is 36.5 Å². The van der Waals surface area contributed by atoms with Crippen LogP contribution in [0.4, 0.5) is 5.82 Å². The van der Waals surface area contributed by atoms with E-state index in [0.717, 1.165) is 5.56 Å². The number of nitriles is 1. The molecule has 2 N–H and O–H groups in total. The Balaban J connectivity index is 2.16. The Morgan fingerprint density at radius 2 is 2.03 bits per heavy atom. The Hall–Kier alpha value is -3.53. The number of hydrogen-bond acceptors (Lipinski definition) is 5. The SMILES string of the molecule is CC(C)COc1ccc(-c2nc3ccc(C(=O)O)cn3c2NC(C)(C)C)cc1C#N. The number of anilines is 1. The number of ether oxygens (including phenoxy) is 1. The zero-order valence-corrected chi connectivity index (χ0v) is 17.9. The lowest BCUT2D eigenvalue weighted by Gasteiger charge is -2.22. The molecule has 30 heavy (non-hydrogen) atoms. The number of aromatic nitrogens is 2. The van der Waals surface area contributed by atoms with Crippen molar-refractivity contribution in [3.8, 4) is 23.1 Å². The van der Waals surface area contributed by atoms with Crippen LogP contribution in [-0.4, -0.2) is 32.6 Å². The van der Waals surface area contributed by atoms with Gasteiger partial charge in [0.2, 0.25) is 0 Å². The zero-order valence-electron chi connectivity index (χ0n) is 17.9. The fraction of sp³-hybridized carbons (Fsp3) is 0.348. The number of pyridine rings is 1. The van der Waals surface area contributed by atoms with Crippen LogP contribution < -0.4 is 10.1 Å². The normalized spacial score (nSPS) is 11.5. The van der Waals surface area contributed by atoms with Crippen LogP contribution in [0.2, 0.25) is 0 Å². The second-order valence-corrected chi connectivity index (χ2v) is 8.66. The van der Waals surface area contributed by atoms with Crippen molar-refractivity contribution in [2.45, 2.75) is 40.2 Å². The van der Waals surface area contributed by atoms with E-state index in [1.165, 1.54) is 6.07 Å². The maximum atomic E-state index is 11.4. The van der Waals surface area contributed by atoms with Gasteiger partial charge in [0.25, 0.3) is 0 Å². The first-order valence-corrected chi connectivity index (χ1v) is 9.80. The van der Waals surface area contributed by atoms with E-state index < -0.39 is 5.97 Å². The molecule has 156 valence electrons. The highest BCUT2D eigenvalue weighted by molar-refractivity contribution is 5.88. The number of hydrogen-bond donors (Lipinski definition) is 2. The van der Waals surface area contributed by atoms with Crippen molar-refractivity contribution >= 4 is 17.4 Å². The van der Waals surface area contributed by atoms with Gasteiger partial charge in [-0.05, 0) is 57.0 Å². The molecule has 2 aromatic heterocycles. The number of carbonyl (C=O) groups is 1. The largest absolute Gasteiger partial charge is 0.492 e. The molecule has 0 bridgehead atoms. The van der Waals surface area contributed by atoms with Crippen molar-refractivity contribution in [3.05, 3.63) is 47.7 Å². The third-order valence-electron chi connectivity index (χ3n) is 4.30. The van der Waals surface area contributed by atoms with E-state index in [9.17, 15) is 15.2 Å². The van der Waals surface area contributed by atoms with Gasteiger partial charge in [0.1, 0.15) is 29.0 Å².